The van der Waals surface area contributed by atoms with Crippen LogP contribution < -0.4 is 5.32 Å². The number of aryl methyl sites for hydroxylation is 2. The van der Waals surface area contributed by atoms with Gasteiger partial charge < -0.3 is 10.4 Å². The third-order valence-electron chi connectivity index (χ3n) is 3.28. The zero-order valence-corrected chi connectivity index (χ0v) is 13.7. The van der Waals surface area contributed by atoms with Crippen molar-refractivity contribution in [1.29, 1.82) is 0 Å². The van der Waals surface area contributed by atoms with Crippen molar-refractivity contribution in [2.75, 3.05) is 5.32 Å². The maximum Gasteiger partial charge on any atom is 0.346 e. The third kappa shape index (κ3) is 2.85. The number of carbonyl (C=O) groups is 1. The topological polar surface area (TPSA) is 75.1 Å². The van der Waals surface area contributed by atoms with Crippen LogP contribution in [0.25, 0.3) is 10.2 Å². The molecule has 2 aromatic heterocycles. The molecule has 0 saturated carbocycles. The van der Waals surface area contributed by atoms with E-state index in [0.717, 1.165) is 11.3 Å². The van der Waals surface area contributed by atoms with Gasteiger partial charge in [0, 0.05) is 5.69 Å². The standard InChI is InChI=1S/C15H11ClFN3O2S/c1-6-11-13(20-8-3-4-10(17)9(16)5-8)18-7(2)19-14(11)23-12(6)15(21)22/h3-5H,1-2H3,(H,21,22)(H,18,19,20). The quantitative estimate of drug-likeness (QED) is 0.724. The SMILES string of the molecule is Cc1nc(Nc2ccc(F)c(Cl)c2)c2c(C)c(C(=O)O)sc2n1. The van der Waals surface area contributed by atoms with Crippen LogP contribution in [0.3, 0.4) is 0 Å². The Hall–Kier alpha value is -2.25. The van der Waals surface area contributed by atoms with E-state index in [1.807, 2.05) is 0 Å². The van der Waals surface area contributed by atoms with Gasteiger partial charge in [-0.05, 0) is 37.6 Å². The van der Waals surface area contributed by atoms with E-state index in [4.69, 9.17) is 11.6 Å². The zero-order chi connectivity index (χ0) is 16.7. The summed E-state index contributed by atoms with van der Waals surface area (Å²) in [6.07, 6.45) is 0. The molecule has 0 atom stereocenters. The van der Waals surface area contributed by atoms with Crippen molar-refractivity contribution in [2.24, 2.45) is 0 Å². The molecule has 23 heavy (non-hydrogen) atoms. The van der Waals surface area contributed by atoms with Gasteiger partial charge in [0.15, 0.2) is 0 Å². The number of rotatable bonds is 3. The van der Waals surface area contributed by atoms with Gasteiger partial charge in [0.25, 0.3) is 0 Å². The number of halogens is 2. The summed E-state index contributed by atoms with van der Waals surface area (Å²) in [6, 6.07) is 4.23. The van der Waals surface area contributed by atoms with Crippen LogP contribution in [0, 0.1) is 19.7 Å². The number of thiophene rings is 1. The molecule has 0 saturated heterocycles. The van der Waals surface area contributed by atoms with Crippen LogP contribution >= 0.6 is 22.9 Å². The van der Waals surface area contributed by atoms with Gasteiger partial charge >= 0.3 is 5.97 Å². The van der Waals surface area contributed by atoms with Crippen LogP contribution in [0.15, 0.2) is 18.2 Å². The fourth-order valence-corrected chi connectivity index (χ4v) is 3.50. The minimum Gasteiger partial charge on any atom is -0.477 e. The van der Waals surface area contributed by atoms with Gasteiger partial charge in [-0.3, -0.25) is 0 Å². The van der Waals surface area contributed by atoms with Crippen molar-refractivity contribution >= 4 is 50.6 Å². The maximum absolute atomic E-state index is 13.3. The molecular weight excluding hydrogens is 341 g/mol. The van der Waals surface area contributed by atoms with Crippen LogP contribution in [0.1, 0.15) is 21.1 Å². The number of carboxylic acid groups (broad SMARTS) is 1. The van der Waals surface area contributed by atoms with Crippen LogP contribution in [-0.2, 0) is 0 Å². The molecule has 2 heterocycles. The first-order valence-electron chi connectivity index (χ1n) is 6.60. The van der Waals surface area contributed by atoms with E-state index in [9.17, 15) is 14.3 Å². The molecule has 118 valence electrons. The Morgan fingerprint density at radius 1 is 1.35 bits per heavy atom. The summed E-state index contributed by atoms with van der Waals surface area (Å²) in [7, 11) is 0. The fraction of sp³-hybridized carbons (Fsp3) is 0.133. The number of nitrogens with zero attached hydrogens (tertiary/aromatic N) is 2. The van der Waals surface area contributed by atoms with Crippen molar-refractivity contribution in [3.63, 3.8) is 0 Å². The van der Waals surface area contributed by atoms with Crippen molar-refractivity contribution in [2.45, 2.75) is 13.8 Å². The normalized spacial score (nSPS) is 11.0. The molecule has 0 bridgehead atoms. The summed E-state index contributed by atoms with van der Waals surface area (Å²) in [5, 5.41) is 13.0. The smallest absolute Gasteiger partial charge is 0.346 e. The van der Waals surface area contributed by atoms with E-state index in [2.05, 4.69) is 15.3 Å². The number of hydrogen-bond acceptors (Lipinski definition) is 5. The monoisotopic (exact) mass is 351 g/mol. The number of aromatic carboxylic acids is 1. The summed E-state index contributed by atoms with van der Waals surface area (Å²) >= 11 is 6.88. The van der Waals surface area contributed by atoms with Gasteiger partial charge in [0.2, 0.25) is 0 Å². The maximum atomic E-state index is 13.3. The first-order valence-corrected chi connectivity index (χ1v) is 7.79. The van der Waals surface area contributed by atoms with Crippen molar-refractivity contribution < 1.29 is 14.3 Å². The molecule has 0 spiro atoms. The van der Waals surface area contributed by atoms with Crippen LogP contribution in [0.2, 0.25) is 5.02 Å². The number of fused-ring (bicyclic) bond motifs is 1. The molecule has 0 aliphatic heterocycles. The lowest BCUT2D eigenvalue weighted by molar-refractivity contribution is 0.0701. The van der Waals surface area contributed by atoms with Crippen molar-refractivity contribution in [1.82, 2.24) is 9.97 Å². The lowest BCUT2D eigenvalue weighted by Gasteiger charge is -2.09. The van der Waals surface area contributed by atoms with Crippen molar-refractivity contribution in [3.05, 3.63) is 45.3 Å². The zero-order valence-electron chi connectivity index (χ0n) is 12.1. The van der Waals surface area contributed by atoms with Crippen LogP contribution in [0.4, 0.5) is 15.9 Å². The predicted octanol–water partition coefficient (Wildman–Crippen LogP) is 4.54. The minimum atomic E-state index is -1.00. The highest BCUT2D eigenvalue weighted by Crippen LogP contribution is 2.35. The van der Waals surface area contributed by atoms with Gasteiger partial charge in [-0.1, -0.05) is 11.6 Å². The highest BCUT2D eigenvalue weighted by molar-refractivity contribution is 7.20. The van der Waals surface area contributed by atoms with Crippen LogP contribution in [0.5, 0.6) is 0 Å². The van der Waals surface area contributed by atoms with E-state index in [-0.39, 0.29) is 9.90 Å². The summed E-state index contributed by atoms with van der Waals surface area (Å²) < 4.78 is 13.3. The van der Waals surface area contributed by atoms with Crippen molar-refractivity contribution in [3.8, 4) is 0 Å². The van der Waals surface area contributed by atoms with E-state index >= 15 is 0 Å². The molecule has 0 unspecified atom stereocenters. The van der Waals surface area contributed by atoms with E-state index < -0.39 is 11.8 Å². The molecule has 5 nitrogen and oxygen atoms in total. The van der Waals surface area contributed by atoms with E-state index in [1.54, 1.807) is 13.8 Å². The molecule has 3 aromatic rings. The summed E-state index contributed by atoms with van der Waals surface area (Å²) in [4.78, 5) is 20.7. The Morgan fingerprint density at radius 2 is 2.09 bits per heavy atom. The van der Waals surface area contributed by atoms with Gasteiger partial charge in [0.1, 0.15) is 27.2 Å². The molecule has 2 N–H and O–H groups in total. The fourth-order valence-electron chi connectivity index (χ4n) is 2.25. The average Bonchev–Trinajstić information content (AvgIpc) is 2.80. The lowest BCUT2D eigenvalue weighted by Crippen LogP contribution is -1.99. The summed E-state index contributed by atoms with van der Waals surface area (Å²) in [6.45, 7) is 3.43. The predicted molar refractivity (Wildman–Crippen MR) is 88.5 cm³/mol. The molecule has 0 radical (unpaired) electrons. The second-order valence-electron chi connectivity index (χ2n) is 4.91. The third-order valence-corrected chi connectivity index (χ3v) is 4.74. The lowest BCUT2D eigenvalue weighted by atomic mass is 10.2. The first-order chi connectivity index (χ1) is 10.9. The number of hydrogen-bond donors (Lipinski definition) is 2. The molecule has 8 heteroatoms. The summed E-state index contributed by atoms with van der Waals surface area (Å²) in [5.41, 5.74) is 1.14. The highest BCUT2D eigenvalue weighted by Gasteiger charge is 2.19. The highest BCUT2D eigenvalue weighted by atomic mass is 35.5. The molecule has 0 aliphatic carbocycles. The molecule has 0 fully saturated rings. The van der Waals surface area contributed by atoms with Gasteiger partial charge in [-0.15, -0.1) is 11.3 Å². The molecule has 0 aliphatic rings. The first kappa shape index (κ1) is 15.6. The average molecular weight is 352 g/mol. The largest absolute Gasteiger partial charge is 0.477 e. The number of anilines is 2. The second kappa shape index (κ2) is 5.75. The Balaban J connectivity index is 2.16. The van der Waals surface area contributed by atoms with Crippen LogP contribution in [-0.4, -0.2) is 21.0 Å². The number of aromatic nitrogens is 2. The molecule has 1 aromatic carbocycles. The van der Waals surface area contributed by atoms with Gasteiger partial charge in [-0.2, -0.15) is 0 Å². The Morgan fingerprint density at radius 3 is 2.74 bits per heavy atom. The number of benzene rings is 1. The minimum absolute atomic E-state index is 0.00899. The van der Waals surface area contributed by atoms with E-state index in [0.29, 0.717) is 33.1 Å². The second-order valence-corrected chi connectivity index (χ2v) is 6.32. The Labute approximate surface area is 139 Å². The number of nitrogens with one attached hydrogen (secondary N) is 1. The van der Waals surface area contributed by atoms with Gasteiger partial charge in [-0.25, -0.2) is 19.2 Å². The summed E-state index contributed by atoms with van der Waals surface area (Å²) in [5.74, 6) is -0.539. The Bertz CT molecular complexity index is 942. The van der Waals surface area contributed by atoms with Gasteiger partial charge in [0.05, 0.1) is 10.4 Å². The number of carboxylic acids is 1. The molecular formula is C15H11ClFN3O2S. The molecule has 3 rings (SSSR count). The van der Waals surface area contributed by atoms with E-state index in [1.165, 1.54) is 18.2 Å². The Kier molecular flexibility index (Phi) is 3.91. The molecule has 0 amide bonds.